The Morgan fingerprint density at radius 1 is 1.44 bits per heavy atom. The summed E-state index contributed by atoms with van der Waals surface area (Å²) in [6.45, 7) is 5.76. The number of ketones is 1. The van der Waals surface area contributed by atoms with Gasteiger partial charge in [0.1, 0.15) is 11.8 Å². The summed E-state index contributed by atoms with van der Waals surface area (Å²) in [6, 6.07) is 5.57. The molecule has 3 nitrogen and oxygen atoms in total. The summed E-state index contributed by atoms with van der Waals surface area (Å²) in [7, 11) is 0. The first-order valence-electron chi connectivity index (χ1n) is 5.35. The van der Waals surface area contributed by atoms with Gasteiger partial charge in [-0.1, -0.05) is 13.0 Å². The predicted molar refractivity (Wildman–Crippen MR) is 61.7 cm³/mol. The molecule has 0 aromatic heterocycles. The summed E-state index contributed by atoms with van der Waals surface area (Å²) < 4.78 is 5.42. The van der Waals surface area contributed by atoms with E-state index in [2.05, 4.69) is 0 Å². The molecule has 0 aliphatic carbocycles. The van der Waals surface area contributed by atoms with Crippen molar-refractivity contribution in [1.29, 1.82) is 5.26 Å². The lowest BCUT2D eigenvalue weighted by molar-refractivity contribution is 0.101. The van der Waals surface area contributed by atoms with Crippen LogP contribution in [0.15, 0.2) is 12.1 Å². The van der Waals surface area contributed by atoms with Gasteiger partial charge in [0.15, 0.2) is 5.78 Å². The Bertz CT molecular complexity index is 444. The summed E-state index contributed by atoms with van der Waals surface area (Å²) in [4.78, 5) is 11.6. The Hall–Kier alpha value is -1.82. The number of benzene rings is 1. The fourth-order valence-corrected chi connectivity index (χ4v) is 1.69. The zero-order valence-electron chi connectivity index (χ0n) is 9.83. The molecule has 0 bridgehead atoms. The third-order valence-electron chi connectivity index (χ3n) is 2.39. The zero-order valence-corrected chi connectivity index (χ0v) is 9.83. The molecule has 1 aromatic carbocycles. The van der Waals surface area contributed by atoms with Crippen LogP contribution in [-0.4, -0.2) is 12.4 Å². The lowest BCUT2D eigenvalue weighted by Crippen LogP contribution is -2.06. The summed E-state index contributed by atoms with van der Waals surface area (Å²) in [6.07, 6.45) is 0.751. The van der Waals surface area contributed by atoms with Crippen LogP contribution >= 0.6 is 0 Å². The molecule has 0 fully saturated rings. The van der Waals surface area contributed by atoms with Crippen molar-refractivity contribution in [1.82, 2.24) is 0 Å². The minimum absolute atomic E-state index is 0.0580. The largest absolute Gasteiger partial charge is 0.492 e. The van der Waals surface area contributed by atoms with Crippen molar-refractivity contribution in [3.63, 3.8) is 0 Å². The third-order valence-corrected chi connectivity index (χ3v) is 2.39. The first-order valence-corrected chi connectivity index (χ1v) is 5.35. The zero-order chi connectivity index (χ0) is 12.1. The number of nitriles is 1. The Kier molecular flexibility index (Phi) is 4.07. The van der Waals surface area contributed by atoms with Crippen LogP contribution < -0.4 is 4.74 Å². The maximum Gasteiger partial charge on any atom is 0.163 e. The van der Waals surface area contributed by atoms with Crippen molar-refractivity contribution in [2.75, 3.05) is 6.61 Å². The third kappa shape index (κ3) is 2.22. The molecule has 0 aliphatic rings. The molecule has 1 aromatic rings. The highest BCUT2D eigenvalue weighted by Crippen LogP contribution is 2.28. The van der Waals surface area contributed by atoms with Crippen LogP contribution in [0.4, 0.5) is 0 Å². The van der Waals surface area contributed by atoms with Gasteiger partial charge in [-0.05, 0) is 31.9 Å². The average Bonchev–Trinajstić information content (AvgIpc) is 2.28. The first kappa shape index (κ1) is 12.3. The maximum atomic E-state index is 11.6. The fraction of sp³-hybridized carbons (Fsp3) is 0.385. The van der Waals surface area contributed by atoms with Crippen molar-refractivity contribution in [3.05, 3.63) is 28.8 Å². The van der Waals surface area contributed by atoms with Gasteiger partial charge in [-0.15, -0.1) is 0 Å². The SMILES string of the molecule is CCOc1c(C#N)ccc(CC)c1C(C)=O. The number of carbonyl (C=O) groups excluding carboxylic acids is 1. The van der Waals surface area contributed by atoms with Crippen molar-refractivity contribution in [2.24, 2.45) is 0 Å². The van der Waals surface area contributed by atoms with Gasteiger partial charge < -0.3 is 4.74 Å². The number of rotatable bonds is 4. The second kappa shape index (κ2) is 5.32. The van der Waals surface area contributed by atoms with Gasteiger partial charge in [0.25, 0.3) is 0 Å². The van der Waals surface area contributed by atoms with E-state index >= 15 is 0 Å². The van der Waals surface area contributed by atoms with Crippen molar-refractivity contribution in [2.45, 2.75) is 27.2 Å². The second-order valence-corrected chi connectivity index (χ2v) is 3.43. The molecule has 3 heteroatoms. The van der Waals surface area contributed by atoms with Gasteiger partial charge in [0.05, 0.1) is 17.7 Å². The average molecular weight is 217 g/mol. The molecule has 16 heavy (non-hydrogen) atoms. The highest BCUT2D eigenvalue weighted by atomic mass is 16.5. The smallest absolute Gasteiger partial charge is 0.163 e. The number of nitrogens with zero attached hydrogens (tertiary/aromatic N) is 1. The highest BCUT2D eigenvalue weighted by molar-refractivity contribution is 5.99. The van der Waals surface area contributed by atoms with E-state index in [1.54, 1.807) is 6.07 Å². The highest BCUT2D eigenvalue weighted by Gasteiger charge is 2.17. The van der Waals surface area contributed by atoms with Gasteiger partial charge in [0, 0.05) is 0 Å². The predicted octanol–water partition coefficient (Wildman–Crippen LogP) is 2.72. The summed E-state index contributed by atoms with van der Waals surface area (Å²) in [5.41, 5.74) is 1.89. The Labute approximate surface area is 95.7 Å². The topological polar surface area (TPSA) is 50.1 Å². The second-order valence-electron chi connectivity index (χ2n) is 3.43. The number of Topliss-reactive ketones (excluding diaryl/α,β-unsaturated/α-hetero) is 1. The van der Waals surface area contributed by atoms with Crippen LogP contribution in [0.3, 0.4) is 0 Å². The van der Waals surface area contributed by atoms with Crippen molar-refractivity contribution in [3.8, 4) is 11.8 Å². The standard InChI is InChI=1S/C13H15NO2/c1-4-10-6-7-11(8-14)13(16-5-2)12(10)9(3)15/h6-7H,4-5H2,1-3H3. The molecule has 0 heterocycles. The summed E-state index contributed by atoms with van der Waals surface area (Å²) in [5, 5.41) is 8.97. The first-order chi connectivity index (χ1) is 7.65. The Morgan fingerprint density at radius 2 is 2.12 bits per heavy atom. The van der Waals surface area contributed by atoms with E-state index in [1.807, 2.05) is 26.0 Å². The molecule has 84 valence electrons. The quantitative estimate of drug-likeness (QED) is 0.728. The Balaban J connectivity index is 3.48. The number of carbonyl (C=O) groups is 1. The monoisotopic (exact) mass is 217 g/mol. The molecule has 0 radical (unpaired) electrons. The molecule has 1 rings (SSSR count). The van der Waals surface area contributed by atoms with Gasteiger partial charge in [-0.3, -0.25) is 4.79 Å². The normalized spacial score (nSPS) is 9.62. The summed E-state index contributed by atoms with van der Waals surface area (Å²) in [5.74, 6) is 0.370. The van der Waals surface area contributed by atoms with E-state index in [9.17, 15) is 4.79 Å². The minimum Gasteiger partial charge on any atom is -0.492 e. The van der Waals surface area contributed by atoms with E-state index in [4.69, 9.17) is 10.00 Å². The number of ether oxygens (including phenoxy) is 1. The van der Waals surface area contributed by atoms with Crippen molar-refractivity contribution < 1.29 is 9.53 Å². The Morgan fingerprint density at radius 3 is 2.56 bits per heavy atom. The molecule has 0 aliphatic heterocycles. The van der Waals surface area contributed by atoms with Crippen LogP contribution in [0.5, 0.6) is 5.75 Å². The molecular weight excluding hydrogens is 202 g/mol. The number of aryl methyl sites for hydroxylation is 1. The molecule has 0 spiro atoms. The molecular formula is C13H15NO2. The van der Waals surface area contributed by atoms with E-state index in [0.29, 0.717) is 23.5 Å². The van der Waals surface area contributed by atoms with E-state index in [0.717, 1.165) is 12.0 Å². The van der Waals surface area contributed by atoms with E-state index in [1.165, 1.54) is 6.92 Å². The fourth-order valence-electron chi connectivity index (χ4n) is 1.69. The lowest BCUT2D eigenvalue weighted by atomic mass is 9.98. The molecule has 0 atom stereocenters. The van der Waals surface area contributed by atoms with Crippen LogP contribution in [0.1, 0.15) is 42.3 Å². The van der Waals surface area contributed by atoms with Gasteiger partial charge in [-0.2, -0.15) is 5.26 Å². The lowest BCUT2D eigenvalue weighted by Gasteiger charge is -2.13. The van der Waals surface area contributed by atoms with Gasteiger partial charge in [-0.25, -0.2) is 0 Å². The molecule has 0 unspecified atom stereocenters. The van der Waals surface area contributed by atoms with E-state index in [-0.39, 0.29) is 5.78 Å². The minimum atomic E-state index is -0.0580. The van der Waals surface area contributed by atoms with Gasteiger partial charge >= 0.3 is 0 Å². The van der Waals surface area contributed by atoms with Gasteiger partial charge in [0.2, 0.25) is 0 Å². The number of hydrogen-bond acceptors (Lipinski definition) is 3. The molecule has 0 saturated carbocycles. The molecule has 0 saturated heterocycles. The maximum absolute atomic E-state index is 11.6. The van der Waals surface area contributed by atoms with Crippen LogP contribution in [0.2, 0.25) is 0 Å². The van der Waals surface area contributed by atoms with Crippen LogP contribution in [-0.2, 0) is 6.42 Å². The van der Waals surface area contributed by atoms with Crippen LogP contribution in [0.25, 0.3) is 0 Å². The summed E-state index contributed by atoms with van der Waals surface area (Å²) >= 11 is 0. The van der Waals surface area contributed by atoms with E-state index < -0.39 is 0 Å². The molecule has 0 N–H and O–H groups in total. The van der Waals surface area contributed by atoms with Crippen molar-refractivity contribution >= 4 is 5.78 Å². The molecule has 0 amide bonds. The van der Waals surface area contributed by atoms with Crippen LogP contribution in [0, 0.1) is 11.3 Å². The number of hydrogen-bond donors (Lipinski definition) is 0.